The van der Waals surface area contributed by atoms with E-state index >= 15 is 0 Å². The average molecular weight is 791 g/mol. The molecule has 57 heavy (non-hydrogen) atoms. The Kier molecular flexibility index (Phi) is 17.8. The molecule has 0 spiro atoms. The first-order chi connectivity index (χ1) is 27.5. The Labute approximate surface area is 339 Å². The van der Waals surface area contributed by atoms with Crippen molar-refractivity contribution in [2.75, 3.05) is 0 Å². The van der Waals surface area contributed by atoms with Gasteiger partial charge in [-0.2, -0.15) is 0 Å². The minimum Gasteiger partial charge on any atom is -0.481 e. The van der Waals surface area contributed by atoms with E-state index in [4.69, 9.17) is 28.8 Å². The number of aliphatic hydroxyl groups excluding tert-OH is 2. The number of hydrogen-bond acceptors (Lipinski definition) is 9. The number of carboxylic acids is 1. The second-order valence-corrected chi connectivity index (χ2v) is 16.5. The Balaban J connectivity index is 1.27. The number of ether oxygens (including phenoxy) is 5. The zero-order chi connectivity index (χ0) is 40.7. The molecule has 6 aliphatic rings. The van der Waals surface area contributed by atoms with Crippen LogP contribution in [-0.4, -0.2) is 94.4 Å². The fraction of sp³-hybridized carbons (Fsp3) is 0.617. The van der Waals surface area contributed by atoms with Crippen LogP contribution in [0, 0.1) is 17.8 Å². The first-order valence-electron chi connectivity index (χ1n) is 21.2. The molecule has 0 aliphatic carbocycles. The number of carbonyl (C=O) groups excluding carboxylic acids is 1. The Morgan fingerprint density at radius 2 is 1.56 bits per heavy atom. The van der Waals surface area contributed by atoms with Crippen LogP contribution < -0.4 is 0 Å². The van der Waals surface area contributed by atoms with Crippen molar-refractivity contribution >= 4 is 11.9 Å². The number of allylic oxidation sites excluding steroid dienone is 7. The van der Waals surface area contributed by atoms with Crippen LogP contribution in [0.1, 0.15) is 98.3 Å². The standard InChI is InChI=1S/C47H66O10/c1-31(17-14-15-23-45(50)51)27-32(2)47-42-26-25-36(54-47)19-11-7-5-6-10-18-35(48)28-37-29-38(49)33(3)39(53-37)21-16-22-40-34(4)43-30-44(55-40)41(56-43)20-12-8-9-13-24-46(52)57-42/h7-13,16,18,20,22,24-27,31,33-44,47-49H,5-6,14-15,17,19,21,23,28-30H2,1-4H3,(H,50,51)/b9-8+,11-7-,18-10-,20-12?,22-16?,24-13+,32-27?. The van der Waals surface area contributed by atoms with Gasteiger partial charge in [-0.3, -0.25) is 4.79 Å². The van der Waals surface area contributed by atoms with Crippen molar-refractivity contribution in [1.29, 1.82) is 0 Å². The minimum absolute atomic E-state index is 0.0184. The lowest BCUT2D eigenvalue weighted by Gasteiger charge is -2.38. The van der Waals surface area contributed by atoms with Crippen molar-refractivity contribution in [3.8, 4) is 0 Å². The van der Waals surface area contributed by atoms with Crippen LogP contribution >= 0.6 is 0 Å². The molecule has 10 heteroatoms. The number of carboxylic acid groups (broad SMARTS) is 1. The van der Waals surface area contributed by atoms with Gasteiger partial charge in [0.15, 0.2) is 6.10 Å². The summed E-state index contributed by atoms with van der Waals surface area (Å²) in [6.07, 6.45) is 33.0. The molecule has 0 aromatic heterocycles. The molecular weight excluding hydrogens is 725 g/mol. The van der Waals surface area contributed by atoms with E-state index in [2.05, 4.69) is 44.2 Å². The third-order valence-electron chi connectivity index (χ3n) is 11.8. The first-order valence-corrected chi connectivity index (χ1v) is 21.2. The average Bonchev–Trinajstić information content (AvgIpc) is 3.52. The number of rotatable bonds is 7. The molecule has 0 radical (unpaired) electrons. The molecule has 0 aromatic rings. The van der Waals surface area contributed by atoms with Gasteiger partial charge >= 0.3 is 11.9 Å². The highest BCUT2D eigenvalue weighted by molar-refractivity contribution is 5.82. The van der Waals surface area contributed by atoms with E-state index in [1.807, 2.05) is 56.4 Å². The van der Waals surface area contributed by atoms with Crippen LogP contribution in [0.5, 0.6) is 0 Å². The zero-order valence-corrected chi connectivity index (χ0v) is 34.2. The van der Waals surface area contributed by atoms with E-state index in [9.17, 15) is 19.8 Å². The van der Waals surface area contributed by atoms with Crippen LogP contribution in [0.3, 0.4) is 0 Å². The number of esters is 1. The van der Waals surface area contributed by atoms with Crippen molar-refractivity contribution in [3.63, 3.8) is 0 Å². The van der Waals surface area contributed by atoms with Crippen LogP contribution in [0.4, 0.5) is 0 Å². The van der Waals surface area contributed by atoms with E-state index in [1.54, 1.807) is 12.2 Å². The van der Waals surface area contributed by atoms with Gasteiger partial charge in [0.25, 0.3) is 0 Å². The Morgan fingerprint density at radius 3 is 2.39 bits per heavy atom. The molecule has 0 saturated carbocycles. The van der Waals surface area contributed by atoms with Crippen LogP contribution in [0.25, 0.3) is 0 Å². The molecule has 0 aromatic carbocycles. The van der Waals surface area contributed by atoms with Gasteiger partial charge in [0.1, 0.15) is 12.2 Å². The number of aliphatic hydroxyl groups is 2. The number of aliphatic carboxylic acids is 1. The third kappa shape index (κ3) is 14.1. The second-order valence-electron chi connectivity index (χ2n) is 16.5. The molecule has 3 N–H and O–H groups in total. The summed E-state index contributed by atoms with van der Waals surface area (Å²) in [6.45, 7) is 8.29. The predicted octanol–water partition coefficient (Wildman–Crippen LogP) is 7.83. The van der Waals surface area contributed by atoms with Gasteiger partial charge in [0, 0.05) is 37.2 Å². The van der Waals surface area contributed by atoms with Crippen molar-refractivity contribution in [2.45, 2.75) is 165 Å². The Hall–Kier alpha value is -3.38. The lowest BCUT2D eigenvalue weighted by molar-refractivity contribution is -0.148. The molecule has 7 bridgehead atoms. The monoisotopic (exact) mass is 790 g/mol. The fourth-order valence-electron chi connectivity index (χ4n) is 8.40. The summed E-state index contributed by atoms with van der Waals surface area (Å²) in [4.78, 5) is 23.9. The Morgan fingerprint density at radius 1 is 0.772 bits per heavy atom. The van der Waals surface area contributed by atoms with Crippen molar-refractivity contribution in [1.82, 2.24) is 0 Å². The van der Waals surface area contributed by atoms with E-state index in [0.717, 1.165) is 37.7 Å². The lowest BCUT2D eigenvalue weighted by Crippen LogP contribution is -2.43. The van der Waals surface area contributed by atoms with E-state index < -0.39 is 36.4 Å². The highest BCUT2D eigenvalue weighted by atomic mass is 16.6. The molecule has 6 rings (SSSR count). The van der Waals surface area contributed by atoms with E-state index in [0.29, 0.717) is 32.1 Å². The number of hydrogen-bond donors (Lipinski definition) is 3. The highest BCUT2D eigenvalue weighted by Gasteiger charge is 2.45. The normalized spacial score (nSPS) is 39.8. The van der Waals surface area contributed by atoms with Gasteiger partial charge < -0.3 is 39.0 Å². The molecule has 3 saturated heterocycles. The van der Waals surface area contributed by atoms with Gasteiger partial charge in [0.05, 0.1) is 48.8 Å². The topological polar surface area (TPSA) is 141 Å². The van der Waals surface area contributed by atoms with Crippen LogP contribution in [0.2, 0.25) is 0 Å². The summed E-state index contributed by atoms with van der Waals surface area (Å²) >= 11 is 0. The summed E-state index contributed by atoms with van der Waals surface area (Å²) < 4.78 is 31.7. The van der Waals surface area contributed by atoms with Gasteiger partial charge in [-0.1, -0.05) is 106 Å². The number of unbranched alkanes of at least 4 members (excludes halogenated alkanes) is 1. The summed E-state index contributed by atoms with van der Waals surface area (Å²) in [6, 6.07) is 0. The molecule has 6 heterocycles. The van der Waals surface area contributed by atoms with Gasteiger partial charge in [-0.05, 0) is 69.4 Å². The second kappa shape index (κ2) is 22.7. The van der Waals surface area contributed by atoms with Crippen LogP contribution in [0.15, 0.2) is 96.7 Å². The van der Waals surface area contributed by atoms with Gasteiger partial charge in [-0.15, -0.1) is 0 Å². The molecule has 314 valence electrons. The van der Waals surface area contributed by atoms with E-state index in [1.165, 1.54) is 6.08 Å². The van der Waals surface area contributed by atoms with Gasteiger partial charge in [0.2, 0.25) is 0 Å². The summed E-state index contributed by atoms with van der Waals surface area (Å²) in [5.41, 5.74) is 0.966. The number of fused-ring (bicyclic) bond motifs is 13. The maximum absolute atomic E-state index is 13.0. The van der Waals surface area contributed by atoms with Crippen LogP contribution in [-0.2, 0) is 33.3 Å². The molecule has 14 unspecified atom stereocenters. The van der Waals surface area contributed by atoms with Crippen molar-refractivity contribution < 1.29 is 48.6 Å². The largest absolute Gasteiger partial charge is 0.481 e. The third-order valence-corrected chi connectivity index (χ3v) is 11.8. The molecular formula is C47H66O10. The Bertz CT molecular complexity index is 1540. The summed E-state index contributed by atoms with van der Waals surface area (Å²) in [5, 5.41) is 30.7. The first kappa shape index (κ1) is 44.7. The SMILES string of the molecule is CC(=CC(C)CCCCC(=O)O)C1OC2C=CC1OC(=O)/C=C/C=C/C=CC1OC3CC1OC(C=CCC1OC(CC(O)/C=C\CC/C=C\C2)CC(O)C1C)C3C. The predicted molar refractivity (Wildman–Crippen MR) is 220 cm³/mol. The zero-order valence-electron chi connectivity index (χ0n) is 34.2. The minimum atomic E-state index is -0.777. The maximum Gasteiger partial charge on any atom is 0.331 e. The smallest absolute Gasteiger partial charge is 0.331 e. The maximum atomic E-state index is 13.0. The lowest BCUT2D eigenvalue weighted by atomic mass is 9.86. The van der Waals surface area contributed by atoms with E-state index in [-0.39, 0.29) is 66.9 Å². The molecule has 10 nitrogen and oxygen atoms in total. The number of carbonyl (C=O) groups is 2. The van der Waals surface area contributed by atoms with Crippen molar-refractivity contribution in [3.05, 3.63) is 96.7 Å². The highest BCUT2D eigenvalue weighted by Crippen LogP contribution is 2.38. The molecule has 0 amide bonds. The van der Waals surface area contributed by atoms with Crippen molar-refractivity contribution in [2.24, 2.45) is 17.8 Å². The quantitative estimate of drug-likeness (QED) is 0.133. The molecule has 6 aliphatic heterocycles. The molecule has 3 fully saturated rings. The fourth-order valence-corrected chi connectivity index (χ4v) is 8.40. The summed E-state index contributed by atoms with van der Waals surface area (Å²) in [5.74, 6) is -0.875. The molecule has 14 atom stereocenters. The summed E-state index contributed by atoms with van der Waals surface area (Å²) in [7, 11) is 0. The van der Waals surface area contributed by atoms with Gasteiger partial charge in [-0.25, -0.2) is 4.79 Å².